The lowest BCUT2D eigenvalue weighted by Gasteiger charge is -2.46. The molecule has 8 heteroatoms. The van der Waals surface area contributed by atoms with Crippen molar-refractivity contribution in [3.63, 3.8) is 0 Å². The highest BCUT2D eigenvalue weighted by molar-refractivity contribution is 6.92. The van der Waals surface area contributed by atoms with E-state index >= 15 is 0 Å². The highest BCUT2D eigenvalue weighted by atomic mass is 28.5. The zero-order valence-electron chi connectivity index (χ0n) is 11.6. The maximum atomic E-state index is 6.16. The van der Waals surface area contributed by atoms with Crippen LogP contribution in [0.2, 0.25) is 52.4 Å². The van der Waals surface area contributed by atoms with Crippen molar-refractivity contribution in [1.29, 1.82) is 0 Å². The quantitative estimate of drug-likeness (QED) is 0.645. The van der Waals surface area contributed by atoms with Gasteiger partial charge in [0.1, 0.15) is 0 Å². The van der Waals surface area contributed by atoms with Crippen molar-refractivity contribution in [3.8, 4) is 0 Å². The first-order valence-corrected chi connectivity index (χ1v) is 16.9. The molecular weight excluding hydrogens is 280 g/mol. The Labute approximate surface area is 103 Å². The topological polar surface area (TPSA) is 36.9 Å². The molecule has 1 rings (SSSR count). The van der Waals surface area contributed by atoms with Gasteiger partial charge >= 0.3 is 34.2 Å². The van der Waals surface area contributed by atoms with E-state index in [1.165, 1.54) is 0 Å². The molecule has 0 aromatic heterocycles. The third-order valence-corrected chi connectivity index (χ3v) is 17.7. The van der Waals surface area contributed by atoms with Crippen LogP contribution in [0, 0.1) is 0 Å². The van der Waals surface area contributed by atoms with E-state index in [9.17, 15) is 0 Å². The van der Waals surface area contributed by atoms with Gasteiger partial charge in [-0.3, -0.25) is 0 Å². The minimum atomic E-state index is -2.11. The largest absolute Gasteiger partial charge is 0.416 e. The molecule has 0 saturated carbocycles. The summed E-state index contributed by atoms with van der Waals surface area (Å²) in [5.41, 5.74) is 0. The van der Waals surface area contributed by atoms with Crippen molar-refractivity contribution in [1.82, 2.24) is 0 Å². The molecule has 1 saturated heterocycles. The molecule has 4 nitrogen and oxygen atoms in total. The molecule has 0 amide bonds. The summed E-state index contributed by atoms with van der Waals surface area (Å²) >= 11 is 0. The third-order valence-electron chi connectivity index (χ3n) is 1.97. The monoisotopic (exact) mass is 304 g/mol. The summed E-state index contributed by atoms with van der Waals surface area (Å²) in [5.74, 6) is 0. The number of hydrogen-bond acceptors (Lipinski definition) is 4. The number of rotatable bonds is 0. The Kier molecular flexibility index (Phi) is 3.81. The Balaban J connectivity index is 2.98. The lowest BCUT2D eigenvalue weighted by Crippen LogP contribution is -2.64. The van der Waals surface area contributed by atoms with Gasteiger partial charge in [0.05, 0.1) is 0 Å². The van der Waals surface area contributed by atoms with Crippen molar-refractivity contribution < 1.29 is 16.5 Å². The Bertz CT molecular complexity index is 205. The van der Waals surface area contributed by atoms with E-state index in [-0.39, 0.29) is 0 Å². The maximum Gasteiger partial charge on any atom is 0.314 e. The molecule has 1 aliphatic heterocycles. The summed E-state index contributed by atoms with van der Waals surface area (Å²) in [6, 6.07) is 0. The fourth-order valence-corrected chi connectivity index (χ4v) is 23.6. The molecular formula is C8H24O4Si4. The first-order valence-electron chi connectivity index (χ1n) is 5.63. The van der Waals surface area contributed by atoms with Crippen LogP contribution in [0.4, 0.5) is 0 Å². The van der Waals surface area contributed by atoms with Gasteiger partial charge in [-0.25, -0.2) is 0 Å². The van der Waals surface area contributed by atoms with Gasteiger partial charge in [-0.15, -0.1) is 0 Å². The summed E-state index contributed by atoms with van der Waals surface area (Å²) < 4.78 is 24.6. The Morgan fingerprint density at radius 2 is 0.625 bits per heavy atom. The Morgan fingerprint density at radius 1 is 0.500 bits per heavy atom. The van der Waals surface area contributed by atoms with E-state index in [4.69, 9.17) is 16.5 Å². The van der Waals surface area contributed by atoms with Crippen LogP contribution in [0.1, 0.15) is 0 Å². The van der Waals surface area contributed by atoms with Crippen LogP contribution >= 0.6 is 0 Å². The highest BCUT2D eigenvalue weighted by Crippen LogP contribution is 2.30. The van der Waals surface area contributed by atoms with Crippen LogP contribution in [0.15, 0.2) is 0 Å². The Morgan fingerprint density at radius 3 is 0.750 bits per heavy atom. The molecule has 1 heterocycles. The van der Waals surface area contributed by atoms with Gasteiger partial charge in [-0.2, -0.15) is 0 Å². The van der Waals surface area contributed by atoms with Gasteiger partial charge in [0.2, 0.25) is 0 Å². The lowest BCUT2D eigenvalue weighted by atomic mass is 11.9. The minimum absolute atomic E-state index is 2.07. The normalized spacial score (nSPS) is 55.5. The van der Waals surface area contributed by atoms with E-state index in [0.29, 0.717) is 0 Å². The summed E-state index contributed by atoms with van der Waals surface area (Å²) in [7, 11) is -8.44. The van der Waals surface area contributed by atoms with Gasteiger partial charge in [-0.05, 0) is 52.4 Å². The van der Waals surface area contributed by atoms with Crippen LogP contribution in [0.5, 0.6) is 0 Å². The second-order valence-electron chi connectivity index (χ2n) is 6.01. The van der Waals surface area contributed by atoms with E-state index in [1.54, 1.807) is 0 Å². The lowest BCUT2D eigenvalue weighted by molar-refractivity contribution is 0.238. The van der Waals surface area contributed by atoms with Gasteiger partial charge in [0.15, 0.2) is 0 Å². The SMILES string of the molecule is C[Si]1([14CH3])O[Si](C)([14CH3])O[Si](C)([14CH3])O[Si](C)([14CH3])O1. The second-order valence-corrected chi connectivity index (χ2v) is 20.5. The minimum Gasteiger partial charge on any atom is -0.416 e. The van der Waals surface area contributed by atoms with Gasteiger partial charge in [0.25, 0.3) is 0 Å². The van der Waals surface area contributed by atoms with Gasteiger partial charge in [-0.1, -0.05) is 0 Å². The molecule has 0 bridgehead atoms. The van der Waals surface area contributed by atoms with Gasteiger partial charge < -0.3 is 16.5 Å². The maximum absolute atomic E-state index is 6.16. The standard InChI is InChI=1S/C8H24O4Si4/c1-13(2)9-14(3,4)11-16(7,8)12-15(5,6)10-13/h1-8H3/i1+2,3+2,5+2,7+2. The highest BCUT2D eigenvalue weighted by Gasteiger charge is 2.50. The van der Waals surface area contributed by atoms with Crippen LogP contribution in [0.25, 0.3) is 0 Å². The molecule has 0 spiro atoms. The van der Waals surface area contributed by atoms with E-state index in [1.807, 2.05) is 0 Å². The molecule has 0 atom stereocenters. The average molecular weight is 305 g/mol. The van der Waals surface area contributed by atoms with Crippen molar-refractivity contribution >= 4 is 34.2 Å². The molecule has 1 aliphatic rings. The first-order chi connectivity index (χ1) is 6.83. The molecule has 96 valence electrons. The summed E-state index contributed by atoms with van der Waals surface area (Å²) in [4.78, 5) is 0. The van der Waals surface area contributed by atoms with Crippen molar-refractivity contribution in [3.05, 3.63) is 0 Å². The third kappa shape index (κ3) is 4.53. The molecule has 0 aromatic rings. The fraction of sp³-hybridized carbons (Fsp3) is 1.00. The first kappa shape index (κ1) is 14.8. The van der Waals surface area contributed by atoms with Crippen LogP contribution in [-0.4, -0.2) is 34.2 Å². The van der Waals surface area contributed by atoms with Crippen LogP contribution in [0.3, 0.4) is 0 Å². The zero-order valence-corrected chi connectivity index (χ0v) is 15.6. The van der Waals surface area contributed by atoms with Gasteiger partial charge in [0, 0.05) is 0 Å². The molecule has 1 fully saturated rings. The fourth-order valence-electron chi connectivity index (χ4n) is 2.45. The van der Waals surface area contributed by atoms with Crippen LogP contribution < -0.4 is 0 Å². The smallest absolute Gasteiger partial charge is 0.314 e. The second kappa shape index (κ2) is 4.12. The molecule has 0 radical (unpaired) electrons. The Hall–Kier alpha value is 0.708. The number of hydrogen-bond donors (Lipinski definition) is 0. The van der Waals surface area contributed by atoms with Crippen molar-refractivity contribution in [2.75, 3.05) is 0 Å². The van der Waals surface area contributed by atoms with E-state index in [2.05, 4.69) is 52.4 Å². The molecule has 0 N–H and O–H groups in total. The van der Waals surface area contributed by atoms with Crippen molar-refractivity contribution in [2.45, 2.75) is 52.4 Å². The molecule has 0 aromatic carbocycles. The van der Waals surface area contributed by atoms with Crippen molar-refractivity contribution in [2.24, 2.45) is 0 Å². The average Bonchev–Trinajstić information content (AvgIpc) is 1.67. The van der Waals surface area contributed by atoms with E-state index in [0.717, 1.165) is 0 Å². The summed E-state index contributed by atoms with van der Waals surface area (Å²) in [5, 5.41) is 0. The van der Waals surface area contributed by atoms with Crippen LogP contribution in [-0.2, 0) is 16.5 Å². The summed E-state index contributed by atoms with van der Waals surface area (Å²) in [6.45, 7) is 16.6. The molecule has 16 heavy (non-hydrogen) atoms. The van der Waals surface area contributed by atoms with E-state index < -0.39 is 34.2 Å². The summed E-state index contributed by atoms with van der Waals surface area (Å²) in [6.07, 6.45) is 0. The predicted molar refractivity (Wildman–Crippen MR) is 74.3 cm³/mol. The molecule has 0 aliphatic carbocycles. The zero-order chi connectivity index (χ0) is 12.8. The predicted octanol–water partition coefficient (Wildman–Crippen LogP) is 2.87. The molecule has 0 unspecified atom stereocenters.